The van der Waals surface area contributed by atoms with Crippen LogP contribution >= 0.6 is 23.4 Å². The minimum absolute atomic E-state index is 0.0781. The summed E-state index contributed by atoms with van der Waals surface area (Å²) in [5.41, 5.74) is 2.49. The number of hydrogen-bond acceptors (Lipinski definition) is 5. The maximum atomic E-state index is 14.5. The van der Waals surface area contributed by atoms with E-state index in [1.54, 1.807) is 12.1 Å². The third kappa shape index (κ3) is 4.32. The number of fused-ring (bicyclic) bond motifs is 1. The number of halogens is 2. The molecule has 0 bridgehead atoms. The summed E-state index contributed by atoms with van der Waals surface area (Å²) in [5.74, 6) is 0.249. The Morgan fingerprint density at radius 1 is 1.21 bits per heavy atom. The second-order valence-electron chi connectivity index (χ2n) is 7.74. The van der Waals surface area contributed by atoms with Gasteiger partial charge in [-0.15, -0.1) is 0 Å². The first-order valence-electron chi connectivity index (χ1n) is 9.49. The number of thioether (sulfide) groups is 1. The number of anilines is 1. The quantitative estimate of drug-likeness (QED) is 0.663. The van der Waals surface area contributed by atoms with Crippen molar-refractivity contribution < 1.29 is 12.8 Å². The number of nitrogens with zero attached hydrogens (tertiary/aromatic N) is 2. The summed E-state index contributed by atoms with van der Waals surface area (Å²) in [5, 5.41) is 0.996. The molecule has 0 aliphatic carbocycles. The molecular formula is C21H22ClFN2O2S2. The Morgan fingerprint density at radius 3 is 2.55 bits per heavy atom. The summed E-state index contributed by atoms with van der Waals surface area (Å²) in [6.45, 7) is 4.49. The molecule has 4 nitrogen and oxygen atoms in total. The van der Waals surface area contributed by atoms with Crippen LogP contribution in [-0.2, 0) is 16.4 Å². The standard InChI is InChI=1S/C21H22ClFN2O2S2/c1-13(2)14-6-8-15(9-7-14)25(10-16-17(22)4-3-5-18(16)23)21-24-19-11-29(26,27)12-20(19)28-21/h3-9,13,19-20H,10-12H2,1-2H3/t19-,20-/m1/s1. The van der Waals surface area contributed by atoms with Crippen molar-refractivity contribution in [3.05, 3.63) is 64.4 Å². The molecule has 0 amide bonds. The number of aliphatic imine (C=N–C) groups is 1. The average Bonchev–Trinajstić information content (AvgIpc) is 3.15. The van der Waals surface area contributed by atoms with Crippen LogP contribution in [0, 0.1) is 5.82 Å². The topological polar surface area (TPSA) is 49.7 Å². The molecule has 2 aliphatic rings. The highest BCUT2D eigenvalue weighted by Crippen LogP contribution is 2.38. The predicted molar refractivity (Wildman–Crippen MR) is 119 cm³/mol. The normalized spacial score (nSPS) is 22.6. The zero-order valence-electron chi connectivity index (χ0n) is 16.2. The molecule has 4 rings (SSSR count). The van der Waals surface area contributed by atoms with Crippen molar-refractivity contribution in [1.82, 2.24) is 0 Å². The van der Waals surface area contributed by atoms with E-state index in [4.69, 9.17) is 16.6 Å². The third-order valence-electron chi connectivity index (χ3n) is 5.29. The van der Waals surface area contributed by atoms with Gasteiger partial charge in [0.25, 0.3) is 0 Å². The summed E-state index contributed by atoms with van der Waals surface area (Å²) < 4.78 is 38.3. The molecule has 0 N–H and O–H groups in total. The first-order chi connectivity index (χ1) is 13.7. The van der Waals surface area contributed by atoms with E-state index in [1.807, 2.05) is 17.0 Å². The van der Waals surface area contributed by atoms with Crippen LogP contribution in [0.2, 0.25) is 5.02 Å². The van der Waals surface area contributed by atoms with Gasteiger partial charge in [0.1, 0.15) is 5.82 Å². The van der Waals surface area contributed by atoms with Crippen molar-refractivity contribution in [2.45, 2.75) is 37.6 Å². The fraction of sp³-hybridized carbons (Fsp3) is 0.381. The van der Waals surface area contributed by atoms with E-state index >= 15 is 0 Å². The van der Waals surface area contributed by atoms with Gasteiger partial charge in [-0.3, -0.25) is 4.99 Å². The van der Waals surface area contributed by atoms with Gasteiger partial charge >= 0.3 is 0 Å². The predicted octanol–water partition coefficient (Wildman–Crippen LogP) is 4.88. The molecule has 0 unspecified atom stereocenters. The first kappa shape index (κ1) is 20.7. The Bertz CT molecular complexity index is 1030. The van der Waals surface area contributed by atoms with E-state index in [0.717, 1.165) is 5.69 Å². The summed E-state index contributed by atoms with van der Waals surface area (Å²) in [4.78, 5) is 6.63. The third-order valence-corrected chi connectivity index (χ3v) is 8.89. The van der Waals surface area contributed by atoms with Crippen LogP contribution in [0.15, 0.2) is 47.5 Å². The minimum Gasteiger partial charge on any atom is -0.317 e. The number of amidine groups is 1. The first-order valence-corrected chi connectivity index (χ1v) is 12.6. The van der Waals surface area contributed by atoms with E-state index in [1.165, 1.54) is 23.4 Å². The van der Waals surface area contributed by atoms with Gasteiger partial charge in [0, 0.05) is 21.5 Å². The number of sulfone groups is 1. The monoisotopic (exact) mass is 452 g/mol. The lowest BCUT2D eigenvalue weighted by molar-refractivity contribution is 0.601. The summed E-state index contributed by atoms with van der Waals surface area (Å²) in [7, 11) is -3.03. The zero-order chi connectivity index (χ0) is 20.8. The average molecular weight is 453 g/mol. The molecule has 0 spiro atoms. The van der Waals surface area contributed by atoms with Gasteiger partial charge in [0.15, 0.2) is 15.0 Å². The smallest absolute Gasteiger partial charge is 0.164 e. The highest BCUT2D eigenvalue weighted by atomic mass is 35.5. The molecule has 29 heavy (non-hydrogen) atoms. The zero-order valence-corrected chi connectivity index (χ0v) is 18.6. The molecule has 2 aliphatic heterocycles. The molecule has 0 aromatic heterocycles. The van der Waals surface area contributed by atoms with Gasteiger partial charge in [-0.25, -0.2) is 12.8 Å². The van der Waals surface area contributed by atoms with Gasteiger partial charge < -0.3 is 4.90 Å². The van der Waals surface area contributed by atoms with Crippen LogP contribution < -0.4 is 4.90 Å². The van der Waals surface area contributed by atoms with E-state index in [9.17, 15) is 12.8 Å². The summed E-state index contributed by atoms with van der Waals surface area (Å²) in [6.07, 6.45) is 0. The van der Waals surface area contributed by atoms with Crippen LogP contribution in [0.1, 0.15) is 30.9 Å². The fourth-order valence-corrected chi connectivity index (χ4v) is 7.62. The Hall–Kier alpha value is -1.57. The molecular weight excluding hydrogens is 431 g/mol. The maximum Gasteiger partial charge on any atom is 0.164 e. The van der Waals surface area contributed by atoms with E-state index < -0.39 is 9.84 Å². The Morgan fingerprint density at radius 2 is 1.93 bits per heavy atom. The molecule has 2 aromatic rings. The largest absolute Gasteiger partial charge is 0.317 e. The van der Waals surface area contributed by atoms with Gasteiger partial charge in [0.05, 0.1) is 24.1 Å². The molecule has 8 heteroatoms. The number of rotatable bonds is 4. The molecule has 0 saturated carbocycles. The van der Waals surface area contributed by atoms with E-state index in [-0.39, 0.29) is 35.2 Å². The second kappa shape index (κ2) is 7.93. The maximum absolute atomic E-state index is 14.5. The molecule has 1 fully saturated rings. The molecule has 2 aromatic carbocycles. The molecule has 0 radical (unpaired) electrons. The summed E-state index contributed by atoms with van der Waals surface area (Å²) >= 11 is 7.73. The van der Waals surface area contributed by atoms with Crippen LogP contribution in [0.5, 0.6) is 0 Å². The van der Waals surface area contributed by atoms with Crippen LogP contribution in [0.4, 0.5) is 10.1 Å². The lowest BCUT2D eigenvalue weighted by atomic mass is 10.0. The van der Waals surface area contributed by atoms with E-state index in [0.29, 0.717) is 21.7 Å². The highest BCUT2D eigenvalue weighted by molar-refractivity contribution is 8.15. The number of hydrogen-bond donors (Lipinski definition) is 0. The van der Waals surface area contributed by atoms with Crippen molar-refractivity contribution in [1.29, 1.82) is 0 Å². The number of benzene rings is 2. The van der Waals surface area contributed by atoms with Gasteiger partial charge in [-0.2, -0.15) is 0 Å². The van der Waals surface area contributed by atoms with Crippen LogP contribution in [-0.4, -0.2) is 36.4 Å². The molecule has 2 heterocycles. The van der Waals surface area contributed by atoms with Gasteiger partial charge in [-0.05, 0) is 35.7 Å². The lowest BCUT2D eigenvalue weighted by Crippen LogP contribution is -2.28. The van der Waals surface area contributed by atoms with E-state index in [2.05, 4.69) is 26.0 Å². The summed E-state index contributed by atoms with van der Waals surface area (Å²) in [6, 6.07) is 12.5. The fourth-order valence-electron chi connectivity index (χ4n) is 3.62. The SMILES string of the molecule is CC(C)c1ccc(N(Cc2c(F)cccc2Cl)C2=N[C@@H]3CS(=O)(=O)C[C@H]3S2)cc1. The Balaban J connectivity index is 1.70. The minimum atomic E-state index is -3.03. The molecule has 2 atom stereocenters. The van der Waals surface area contributed by atoms with Crippen LogP contribution in [0.25, 0.3) is 0 Å². The lowest BCUT2D eigenvalue weighted by Gasteiger charge is -2.26. The Kier molecular flexibility index (Phi) is 5.66. The Labute approximate surface area is 180 Å². The van der Waals surface area contributed by atoms with Gasteiger partial charge in [-0.1, -0.05) is 55.4 Å². The van der Waals surface area contributed by atoms with Crippen LogP contribution in [0.3, 0.4) is 0 Å². The van der Waals surface area contributed by atoms with Crippen molar-refractivity contribution in [2.75, 3.05) is 16.4 Å². The van der Waals surface area contributed by atoms with Crippen molar-refractivity contribution in [2.24, 2.45) is 4.99 Å². The molecule has 154 valence electrons. The van der Waals surface area contributed by atoms with Gasteiger partial charge in [0.2, 0.25) is 0 Å². The van der Waals surface area contributed by atoms with Crippen molar-refractivity contribution in [3.8, 4) is 0 Å². The van der Waals surface area contributed by atoms with Crippen molar-refractivity contribution >= 4 is 44.1 Å². The van der Waals surface area contributed by atoms with Crippen molar-refractivity contribution in [3.63, 3.8) is 0 Å². The highest BCUT2D eigenvalue weighted by Gasteiger charge is 2.44. The molecule has 1 saturated heterocycles. The second-order valence-corrected chi connectivity index (χ2v) is 11.5.